The molecule has 1 N–H and O–H groups in total. The molecule has 0 radical (unpaired) electrons. The Balaban J connectivity index is 1.53. The number of hydrogen-bond donors (Lipinski definition) is 1. The second-order valence-corrected chi connectivity index (χ2v) is 8.59. The third-order valence-corrected chi connectivity index (χ3v) is 5.18. The molecule has 0 atom stereocenters. The first kappa shape index (κ1) is 21.6. The number of anilines is 2. The van der Waals surface area contributed by atoms with Crippen LogP contribution in [0.3, 0.4) is 0 Å². The first-order valence-corrected chi connectivity index (χ1v) is 11.1. The van der Waals surface area contributed by atoms with Crippen molar-refractivity contribution in [2.24, 2.45) is 0 Å². The van der Waals surface area contributed by atoms with Gasteiger partial charge in [-0.15, -0.1) is 0 Å². The Morgan fingerprint density at radius 2 is 1.67 bits per heavy atom. The van der Waals surface area contributed by atoms with Crippen molar-refractivity contribution in [3.8, 4) is 0 Å². The summed E-state index contributed by atoms with van der Waals surface area (Å²) >= 11 is 0. The van der Waals surface area contributed by atoms with E-state index >= 15 is 0 Å². The molecule has 10 heteroatoms. The van der Waals surface area contributed by atoms with Gasteiger partial charge in [0.25, 0.3) is 5.91 Å². The largest absolute Gasteiger partial charge is 0.452 e. The van der Waals surface area contributed by atoms with Crippen LogP contribution in [0.15, 0.2) is 48.5 Å². The van der Waals surface area contributed by atoms with Gasteiger partial charge in [0, 0.05) is 31.9 Å². The maximum atomic E-state index is 13.1. The molecule has 0 saturated carbocycles. The summed E-state index contributed by atoms with van der Waals surface area (Å²) in [7, 11) is -3.57. The molecule has 0 bridgehead atoms. The Kier molecular flexibility index (Phi) is 6.56. The maximum absolute atomic E-state index is 13.1. The summed E-state index contributed by atoms with van der Waals surface area (Å²) in [5.41, 5.74) is 0.993. The van der Waals surface area contributed by atoms with E-state index < -0.39 is 22.6 Å². The van der Waals surface area contributed by atoms with E-state index in [0.717, 1.165) is 11.9 Å². The second kappa shape index (κ2) is 9.12. The highest BCUT2D eigenvalue weighted by Crippen LogP contribution is 2.19. The van der Waals surface area contributed by atoms with E-state index in [1.54, 1.807) is 29.2 Å². The van der Waals surface area contributed by atoms with Gasteiger partial charge in [-0.25, -0.2) is 17.6 Å². The van der Waals surface area contributed by atoms with E-state index in [0.29, 0.717) is 26.2 Å². The van der Waals surface area contributed by atoms with Crippen LogP contribution in [0, 0.1) is 5.82 Å². The lowest BCUT2D eigenvalue weighted by Gasteiger charge is -2.36. The fourth-order valence-corrected chi connectivity index (χ4v) is 3.69. The van der Waals surface area contributed by atoms with Gasteiger partial charge in [-0.2, -0.15) is 0 Å². The Bertz CT molecular complexity index is 1020. The summed E-state index contributed by atoms with van der Waals surface area (Å²) in [5, 5.41) is 0. The van der Waals surface area contributed by atoms with Crippen LogP contribution >= 0.6 is 0 Å². The number of nitrogens with zero attached hydrogens (tertiary/aromatic N) is 2. The van der Waals surface area contributed by atoms with E-state index in [9.17, 15) is 22.4 Å². The fourth-order valence-electron chi connectivity index (χ4n) is 3.11. The average molecular weight is 435 g/mol. The molecule has 2 aromatic carbocycles. The van der Waals surface area contributed by atoms with Crippen LogP contribution in [-0.2, 0) is 19.6 Å². The average Bonchev–Trinajstić information content (AvgIpc) is 2.72. The lowest BCUT2D eigenvalue weighted by Crippen LogP contribution is -2.49. The van der Waals surface area contributed by atoms with Crippen LogP contribution in [0.2, 0.25) is 0 Å². The number of rotatable bonds is 6. The Labute approximate surface area is 174 Å². The quantitative estimate of drug-likeness (QED) is 0.694. The van der Waals surface area contributed by atoms with Gasteiger partial charge in [-0.3, -0.25) is 9.52 Å². The smallest absolute Gasteiger partial charge is 0.340 e. The van der Waals surface area contributed by atoms with Crippen LogP contribution < -0.4 is 9.62 Å². The number of piperazine rings is 1. The zero-order chi connectivity index (χ0) is 21.7. The molecule has 3 rings (SSSR count). The van der Waals surface area contributed by atoms with Gasteiger partial charge >= 0.3 is 5.97 Å². The molecule has 0 aromatic heterocycles. The van der Waals surface area contributed by atoms with Crippen molar-refractivity contribution >= 4 is 33.3 Å². The first-order chi connectivity index (χ1) is 14.2. The number of sulfonamides is 1. The summed E-state index contributed by atoms with van der Waals surface area (Å²) in [4.78, 5) is 28.4. The maximum Gasteiger partial charge on any atom is 0.340 e. The predicted octanol–water partition coefficient (Wildman–Crippen LogP) is 1.70. The van der Waals surface area contributed by atoms with Crippen molar-refractivity contribution in [2.75, 3.05) is 48.7 Å². The summed E-state index contributed by atoms with van der Waals surface area (Å²) in [5.74, 6) is -1.43. The van der Waals surface area contributed by atoms with Gasteiger partial charge in [0.05, 0.1) is 17.5 Å². The molecular weight excluding hydrogens is 413 g/mol. The Morgan fingerprint density at radius 3 is 2.30 bits per heavy atom. The molecule has 1 saturated heterocycles. The molecule has 1 aliphatic rings. The van der Waals surface area contributed by atoms with Crippen molar-refractivity contribution in [2.45, 2.75) is 0 Å². The predicted molar refractivity (Wildman–Crippen MR) is 110 cm³/mol. The lowest BCUT2D eigenvalue weighted by atomic mass is 10.2. The van der Waals surface area contributed by atoms with Gasteiger partial charge in [-0.1, -0.05) is 12.1 Å². The highest BCUT2D eigenvalue weighted by Gasteiger charge is 2.23. The third kappa shape index (κ3) is 5.69. The number of nitrogens with one attached hydrogen (secondary N) is 1. The SMILES string of the molecule is CS(=O)(=O)Nc1ccccc1C(=O)OCC(=O)N1CCN(c2ccc(F)cc2)CC1. The molecule has 1 aliphatic heterocycles. The molecular formula is C20H22FN3O5S. The normalized spacial score (nSPS) is 14.3. The van der Waals surface area contributed by atoms with Crippen LogP contribution in [0.5, 0.6) is 0 Å². The highest BCUT2D eigenvalue weighted by atomic mass is 32.2. The summed E-state index contributed by atoms with van der Waals surface area (Å²) in [6.07, 6.45) is 0.976. The number of carbonyl (C=O) groups excluding carboxylic acids is 2. The molecule has 0 aliphatic carbocycles. The van der Waals surface area contributed by atoms with Gasteiger partial charge in [-0.05, 0) is 36.4 Å². The molecule has 1 amide bonds. The van der Waals surface area contributed by atoms with Gasteiger partial charge < -0.3 is 14.5 Å². The lowest BCUT2D eigenvalue weighted by molar-refractivity contribution is -0.134. The number of hydrogen-bond acceptors (Lipinski definition) is 6. The monoisotopic (exact) mass is 435 g/mol. The minimum Gasteiger partial charge on any atom is -0.452 e. The van der Waals surface area contributed by atoms with E-state index in [-0.39, 0.29) is 23.0 Å². The molecule has 0 unspecified atom stereocenters. The van der Waals surface area contributed by atoms with Crippen LogP contribution in [0.25, 0.3) is 0 Å². The summed E-state index contributed by atoms with van der Waals surface area (Å²) in [6, 6.07) is 12.2. The van der Waals surface area contributed by atoms with Crippen molar-refractivity contribution in [3.63, 3.8) is 0 Å². The minimum absolute atomic E-state index is 0.0249. The number of ether oxygens (including phenoxy) is 1. The molecule has 8 nitrogen and oxygen atoms in total. The van der Waals surface area contributed by atoms with E-state index in [1.807, 2.05) is 4.90 Å². The topological polar surface area (TPSA) is 96.0 Å². The van der Waals surface area contributed by atoms with Crippen molar-refractivity contribution < 1.29 is 27.1 Å². The van der Waals surface area contributed by atoms with E-state index in [4.69, 9.17) is 4.74 Å². The van der Waals surface area contributed by atoms with E-state index in [2.05, 4.69) is 4.72 Å². The van der Waals surface area contributed by atoms with Crippen molar-refractivity contribution in [1.82, 2.24) is 4.90 Å². The number of amides is 1. The molecule has 160 valence electrons. The number of benzene rings is 2. The summed E-state index contributed by atoms with van der Waals surface area (Å²) < 4.78 is 43.3. The molecule has 1 fully saturated rings. The Morgan fingerprint density at radius 1 is 1.03 bits per heavy atom. The third-order valence-electron chi connectivity index (χ3n) is 4.59. The molecule has 0 spiro atoms. The number of carbonyl (C=O) groups is 2. The Hall–Kier alpha value is -3.14. The van der Waals surface area contributed by atoms with Crippen LogP contribution in [0.4, 0.5) is 15.8 Å². The van der Waals surface area contributed by atoms with Gasteiger partial charge in [0.2, 0.25) is 10.0 Å². The van der Waals surface area contributed by atoms with E-state index in [1.165, 1.54) is 24.3 Å². The van der Waals surface area contributed by atoms with Gasteiger partial charge in [0.15, 0.2) is 6.61 Å². The molecule has 30 heavy (non-hydrogen) atoms. The zero-order valence-electron chi connectivity index (χ0n) is 16.4. The van der Waals surface area contributed by atoms with Gasteiger partial charge in [0.1, 0.15) is 5.82 Å². The van der Waals surface area contributed by atoms with Crippen molar-refractivity contribution in [1.29, 1.82) is 0 Å². The van der Waals surface area contributed by atoms with Crippen LogP contribution in [0.1, 0.15) is 10.4 Å². The molecule has 2 aromatic rings. The highest BCUT2D eigenvalue weighted by molar-refractivity contribution is 7.92. The fraction of sp³-hybridized carbons (Fsp3) is 0.300. The first-order valence-electron chi connectivity index (χ1n) is 9.25. The number of halogens is 1. The second-order valence-electron chi connectivity index (χ2n) is 6.84. The standard InChI is InChI=1S/C20H22FN3O5S/c1-30(27,28)22-18-5-3-2-4-17(18)20(26)29-14-19(25)24-12-10-23(11-13-24)16-8-6-15(21)7-9-16/h2-9,22H,10-14H2,1H3. The summed E-state index contributed by atoms with van der Waals surface area (Å²) in [6.45, 7) is 1.60. The zero-order valence-corrected chi connectivity index (χ0v) is 17.2. The minimum atomic E-state index is -3.57. The molecule has 1 heterocycles. The number of para-hydroxylation sites is 1. The van der Waals surface area contributed by atoms with Crippen LogP contribution in [-0.4, -0.2) is 64.2 Å². The van der Waals surface area contributed by atoms with Crippen molar-refractivity contribution in [3.05, 3.63) is 59.9 Å². The number of esters is 1.